The van der Waals surface area contributed by atoms with Gasteiger partial charge in [-0.3, -0.25) is 4.79 Å². The van der Waals surface area contributed by atoms with Crippen LogP contribution in [0.25, 0.3) is 0 Å². The average molecular weight is 408 g/mol. The minimum absolute atomic E-state index is 0.450. The van der Waals surface area contributed by atoms with Crippen molar-refractivity contribution < 1.29 is 28.8 Å². The molecule has 1 amide bonds. The molecule has 0 aromatic heterocycles. The highest BCUT2D eigenvalue weighted by Gasteiger charge is 2.17. The van der Waals surface area contributed by atoms with Crippen molar-refractivity contribution in [2.45, 2.75) is 15.8 Å². The van der Waals surface area contributed by atoms with E-state index < -0.39 is 18.6 Å². The Kier molecular flexibility index (Phi) is 7.80. The van der Waals surface area contributed by atoms with Gasteiger partial charge < -0.3 is 35.1 Å². The van der Waals surface area contributed by atoms with Crippen molar-refractivity contribution in [1.29, 1.82) is 0 Å². The number of benzene rings is 2. The Morgan fingerprint density at radius 3 is 2.11 bits per heavy atom. The monoisotopic (exact) mass is 408 g/mol. The second kappa shape index (κ2) is 10.1. The van der Waals surface area contributed by atoms with E-state index in [1.165, 1.54) is 18.9 Å². The summed E-state index contributed by atoms with van der Waals surface area (Å²) in [5.74, 6) is 1.57. The van der Waals surface area contributed by atoms with Crippen LogP contribution in [0.4, 0.5) is 5.69 Å². The van der Waals surface area contributed by atoms with E-state index in [4.69, 9.17) is 29.8 Å². The molecule has 0 aliphatic rings. The number of nitrogens with one attached hydrogen (secondary N) is 1. The molecule has 0 heterocycles. The number of amides is 1. The SMILES string of the molecule is COc1ccc(Sc2cc(OC)c(OC)c(OC)c2)cc1NC(=O)C(N)CO. The molecule has 0 bridgehead atoms. The summed E-state index contributed by atoms with van der Waals surface area (Å²) in [5.41, 5.74) is 6.01. The number of carbonyl (C=O) groups excluding carboxylic acids is 1. The number of anilines is 1. The zero-order valence-corrected chi connectivity index (χ0v) is 17.0. The van der Waals surface area contributed by atoms with E-state index in [-0.39, 0.29) is 0 Å². The van der Waals surface area contributed by atoms with Gasteiger partial charge in [-0.25, -0.2) is 0 Å². The van der Waals surface area contributed by atoms with Crippen LogP contribution >= 0.6 is 11.8 Å². The van der Waals surface area contributed by atoms with Crippen molar-refractivity contribution >= 4 is 23.4 Å². The largest absolute Gasteiger partial charge is 0.495 e. The summed E-state index contributed by atoms with van der Waals surface area (Å²) >= 11 is 1.44. The van der Waals surface area contributed by atoms with Crippen molar-refractivity contribution in [3.05, 3.63) is 30.3 Å². The number of hydrogen-bond acceptors (Lipinski definition) is 8. The number of rotatable bonds is 9. The van der Waals surface area contributed by atoms with E-state index in [9.17, 15) is 4.79 Å². The molecule has 4 N–H and O–H groups in total. The number of aliphatic hydroxyl groups excluding tert-OH is 1. The van der Waals surface area contributed by atoms with Crippen LogP contribution in [0.3, 0.4) is 0 Å². The highest BCUT2D eigenvalue weighted by atomic mass is 32.2. The molecule has 0 saturated heterocycles. The number of methoxy groups -OCH3 is 4. The third-order valence-electron chi connectivity index (χ3n) is 3.84. The molecule has 1 unspecified atom stereocenters. The fourth-order valence-electron chi connectivity index (χ4n) is 2.41. The Morgan fingerprint density at radius 2 is 1.61 bits per heavy atom. The Labute approximate surface area is 167 Å². The van der Waals surface area contributed by atoms with Gasteiger partial charge in [0.2, 0.25) is 11.7 Å². The fourth-order valence-corrected chi connectivity index (χ4v) is 3.33. The summed E-state index contributed by atoms with van der Waals surface area (Å²) < 4.78 is 21.4. The van der Waals surface area contributed by atoms with Crippen LogP contribution in [0.1, 0.15) is 0 Å². The minimum Gasteiger partial charge on any atom is -0.495 e. The lowest BCUT2D eigenvalue weighted by atomic mass is 10.2. The molecule has 2 aromatic carbocycles. The van der Waals surface area contributed by atoms with Crippen LogP contribution in [-0.2, 0) is 4.79 Å². The van der Waals surface area contributed by atoms with E-state index in [2.05, 4.69) is 5.32 Å². The molecular formula is C19H24N2O6S. The molecule has 0 radical (unpaired) electrons. The molecule has 28 heavy (non-hydrogen) atoms. The maximum atomic E-state index is 12.0. The number of hydrogen-bond donors (Lipinski definition) is 3. The lowest BCUT2D eigenvalue weighted by molar-refractivity contribution is -0.118. The molecule has 0 aliphatic carbocycles. The summed E-state index contributed by atoms with van der Waals surface area (Å²) in [6.07, 6.45) is 0. The summed E-state index contributed by atoms with van der Waals surface area (Å²) in [4.78, 5) is 13.7. The zero-order valence-electron chi connectivity index (χ0n) is 16.1. The van der Waals surface area contributed by atoms with Gasteiger partial charge >= 0.3 is 0 Å². The van der Waals surface area contributed by atoms with E-state index in [1.807, 2.05) is 18.2 Å². The van der Waals surface area contributed by atoms with Gasteiger partial charge in [0.15, 0.2) is 11.5 Å². The van der Waals surface area contributed by atoms with Crippen molar-refractivity contribution in [2.24, 2.45) is 5.73 Å². The van der Waals surface area contributed by atoms with Gasteiger partial charge in [0.05, 0.1) is 40.7 Å². The van der Waals surface area contributed by atoms with Crippen molar-refractivity contribution in [3.8, 4) is 23.0 Å². The number of ether oxygens (including phenoxy) is 4. The number of aliphatic hydroxyl groups is 1. The van der Waals surface area contributed by atoms with Gasteiger partial charge in [-0.15, -0.1) is 0 Å². The molecule has 2 aromatic rings. The Bertz CT molecular complexity index is 805. The number of nitrogens with two attached hydrogens (primary N) is 1. The van der Waals surface area contributed by atoms with E-state index in [0.29, 0.717) is 28.7 Å². The molecule has 2 rings (SSSR count). The van der Waals surface area contributed by atoms with Crippen molar-refractivity contribution in [2.75, 3.05) is 40.4 Å². The Morgan fingerprint density at radius 1 is 1.00 bits per heavy atom. The highest BCUT2D eigenvalue weighted by Crippen LogP contribution is 2.43. The van der Waals surface area contributed by atoms with Gasteiger partial charge in [0, 0.05) is 9.79 Å². The normalized spacial score (nSPS) is 11.5. The van der Waals surface area contributed by atoms with Crippen LogP contribution in [-0.4, -0.2) is 52.1 Å². The van der Waals surface area contributed by atoms with Gasteiger partial charge in [-0.1, -0.05) is 11.8 Å². The summed E-state index contributed by atoms with van der Waals surface area (Å²) in [6, 6.07) is 7.99. The fraction of sp³-hybridized carbons (Fsp3) is 0.316. The van der Waals surface area contributed by atoms with Gasteiger partial charge in [-0.05, 0) is 30.3 Å². The predicted molar refractivity (Wildman–Crippen MR) is 107 cm³/mol. The predicted octanol–water partition coefficient (Wildman–Crippen LogP) is 2.13. The summed E-state index contributed by atoms with van der Waals surface area (Å²) in [6.45, 7) is -0.450. The molecule has 8 nitrogen and oxygen atoms in total. The lowest BCUT2D eigenvalue weighted by Gasteiger charge is -2.15. The van der Waals surface area contributed by atoms with Crippen molar-refractivity contribution in [1.82, 2.24) is 0 Å². The first-order chi connectivity index (χ1) is 13.5. The van der Waals surface area contributed by atoms with Crippen LogP contribution in [0.5, 0.6) is 23.0 Å². The van der Waals surface area contributed by atoms with E-state index >= 15 is 0 Å². The third kappa shape index (κ3) is 5.00. The van der Waals surface area contributed by atoms with Crippen molar-refractivity contribution in [3.63, 3.8) is 0 Å². The smallest absolute Gasteiger partial charge is 0.243 e. The molecule has 152 valence electrons. The van der Waals surface area contributed by atoms with Crippen LogP contribution in [0.2, 0.25) is 0 Å². The van der Waals surface area contributed by atoms with Crippen LogP contribution in [0.15, 0.2) is 40.1 Å². The average Bonchev–Trinajstić information content (AvgIpc) is 2.72. The maximum absolute atomic E-state index is 12.0. The first-order valence-corrected chi connectivity index (χ1v) is 9.12. The topological polar surface area (TPSA) is 112 Å². The zero-order chi connectivity index (χ0) is 20.7. The quantitative estimate of drug-likeness (QED) is 0.578. The molecule has 1 atom stereocenters. The first-order valence-electron chi connectivity index (χ1n) is 8.30. The van der Waals surface area contributed by atoms with Gasteiger partial charge in [0.25, 0.3) is 0 Å². The molecule has 0 fully saturated rings. The van der Waals surface area contributed by atoms with Gasteiger partial charge in [-0.2, -0.15) is 0 Å². The maximum Gasteiger partial charge on any atom is 0.243 e. The van der Waals surface area contributed by atoms with E-state index in [0.717, 1.165) is 9.79 Å². The Balaban J connectivity index is 2.34. The highest BCUT2D eigenvalue weighted by molar-refractivity contribution is 7.99. The number of carbonyl (C=O) groups is 1. The second-order valence-electron chi connectivity index (χ2n) is 5.60. The molecular weight excluding hydrogens is 384 g/mol. The summed E-state index contributed by atoms with van der Waals surface area (Å²) in [5, 5.41) is 11.7. The first kappa shape index (κ1) is 21.7. The molecule has 0 aliphatic heterocycles. The summed E-state index contributed by atoms with van der Waals surface area (Å²) in [7, 11) is 6.15. The third-order valence-corrected chi connectivity index (χ3v) is 4.80. The van der Waals surface area contributed by atoms with Crippen LogP contribution < -0.4 is 30.0 Å². The lowest BCUT2D eigenvalue weighted by Crippen LogP contribution is -2.38. The van der Waals surface area contributed by atoms with Gasteiger partial charge in [0.1, 0.15) is 11.8 Å². The standard InChI is InChI=1S/C19H24N2O6S/c1-24-15-6-5-11(7-14(15)21-19(23)13(20)10-22)28-12-8-16(25-2)18(27-4)17(9-12)26-3/h5-9,13,22H,10,20H2,1-4H3,(H,21,23). The second-order valence-corrected chi connectivity index (χ2v) is 6.75. The Hall–Kier alpha value is -2.62. The molecule has 0 saturated carbocycles. The molecule has 0 spiro atoms. The van der Waals surface area contributed by atoms with E-state index in [1.54, 1.807) is 33.5 Å². The van der Waals surface area contributed by atoms with Crippen LogP contribution in [0, 0.1) is 0 Å². The molecule has 9 heteroatoms. The minimum atomic E-state index is -1.02.